The summed E-state index contributed by atoms with van der Waals surface area (Å²) < 4.78 is 0. The highest BCUT2D eigenvalue weighted by Gasteiger charge is 1.97. The van der Waals surface area contributed by atoms with E-state index in [2.05, 4.69) is 57.2 Å². The van der Waals surface area contributed by atoms with Crippen molar-refractivity contribution in [1.82, 2.24) is 0 Å². The highest BCUT2D eigenvalue weighted by molar-refractivity contribution is 5.67. The minimum absolute atomic E-state index is 0.311. The molecule has 6 nitrogen and oxygen atoms in total. The molecule has 0 aliphatic heterocycles. The first-order chi connectivity index (χ1) is 26.3. The van der Waals surface area contributed by atoms with Crippen molar-refractivity contribution < 1.29 is 29.7 Å². The van der Waals surface area contributed by atoms with E-state index >= 15 is 0 Å². The third kappa shape index (κ3) is 64.6. The van der Waals surface area contributed by atoms with Crippen LogP contribution >= 0.6 is 0 Å². The first-order valence-corrected chi connectivity index (χ1v) is 22.9. The van der Waals surface area contributed by atoms with Gasteiger partial charge in [-0.25, -0.2) is 0 Å². The van der Waals surface area contributed by atoms with Gasteiger partial charge >= 0.3 is 17.9 Å². The summed E-state index contributed by atoms with van der Waals surface area (Å²) in [6.07, 6.45) is 55.0. The number of allylic oxidation sites excluding steroid dienone is 6. The first kappa shape index (κ1) is 56.0. The molecule has 0 unspecified atom stereocenters. The summed E-state index contributed by atoms with van der Waals surface area (Å²) in [7, 11) is 0. The van der Waals surface area contributed by atoms with Gasteiger partial charge < -0.3 is 15.3 Å². The molecule has 54 heavy (non-hydrogen) atoms. The summed E-state index contributed by atoms with van der Waals surface area (Å²) in [6, 6.07) is 0. The molecule has 0 amide bonds. The van der Waals surface area contributed by atoms with Gasteiger partial charge in [-0.3, -0.25) is 14.4 Å². The summed E-state index contributed by atoms with van der Waals surface area (Å²) in [5.41, 5.74) is 0. The number of carboxylic acids is 3. The maximum Gasteiger partial charge on any atom is 0.303 e. The van der Waals surface area contributed by atoms with Crippen molar-refractivity contribution in [2.24, 2.45) is 0 Å². The van der Waals surface area contributed by atoms with Crippen molar-refractivity contribution in [1.29, 1.82) is 0 Å². The standard InChI is InChI=1S/3C16H30O2/c3*1-2-3-4-5-6-7-8-9-10-11-12-13-14-15-16(17)18/h10-11H,2-9,12-15H2,1H3,(H,17,18);2*7-8H,2-6,9-15H2,1H3,(H,17,18)/b11-10-;2*8-7-. The second kappa shape index (κ2) is 52.7. The number of hydrogen-bond donors (Lipinski definition) is 3. The van der Waals surface area contributed by atoms with Crippen LogP contribution in [0.25, 0.3) is 0 Å². The molecule has 0 aliphatic carbocycles. The van der Waals surface area contributed by atoms with E-state index in [4.69, 9.17) is 15.3 Å². The molecule has 3 N–H and O–H groups in total. The van der Waals surface area contributed by atoms with Gasteiger partial charge in [-0.1, -0.05) is 173 Å². The van der Waals surface area contributed by atoms with Gasteiger partial charge in [-0.15, -0.1) is 0 Å². The fourth-order valence-corrected chi connectivity index (χ4v) is 5.98. The van der Waals surface area contributed by atoms with Gasteiger partial charge in [0.1, 0.15) is 0 Å². The summed E-state index contributed by atoms with van der Waals surface area (Å²) in [6.45, 7) is 6.74. The van der Waals surface area contributed by atoms with Crippen LogP contribution in [0.2, 0.25) is 0 Å². The predicted molar refractivity (Wildman–Crippen MR) is 234 cm³/mol. The van der Waals surface area contributed by atoms with Crippen molar-refractivity contribution in [3.8, 4) is 0 Å². The van der Waals surface area contributed by atoms with Gasteiger partial charge in [-0.05, 0) is 96.3 Å². The molecule has 0 saturated heterocycles. The van der Waals surface area contributed by atoms with Crippen LogP contribution in [0.5, 0.6) is 0 Å². The van der Waals surface area contributed by atoms with Crippen LogP contribution in [-0.4, -0.2) is 33.2 Å². The van der Waals surface area contributed by atoms with Gasteiger partial charge in [-0.2, -0.15) is 0 Å². The smallest absolute Gasteiger partial charge is 0.303 e. The molecule has 0 saturated carbocycles. The maximum absolute atomic E-state index is 10.3. The molecule has 0 spiro atoms. The average molecular weight is 763 g/mol. The summed E-state index contributed by atoms with van der Waals surface area (Å²) in [5.74, 6) is -2.01. The molecule has 318 valence electrons. The monoisotopic (exact) mass is 763 g/mol. The van der Waals surface area contributed by atoms with Crippen LogP contribution in [0.15, 0.2) is 36.5 Å². The molecule has 0 aromatic heterocycles. The molecule has 0 aliphatic rings. The van der Waals surface area contributed by atoms with Crippen molar-refractivity contribution in [2.75, 3.05) is 0 Å². The molecular weight excluding hydrogens is 673 g/mol. The van der Waals surface area contributed by atoms with E-state index in [9.17, 15) is 14.4 Å². The Kier molecular flexibility index (Phi) is 54.7. The van der Waals surface area contributed by atoms with Gasteiger partial charge in [0, 0.05) is 19.3 Å². The van der Waals surface area contributed by atoms with E-state index in [1.807, 2.05) is 0 Å². The van der Waals surface area contributed by atoms with Crippen LogP contribution in [0, 0.1) is 0 Å². The Bertz CT molecular complexity index is 800. The highest BCUT2D eigenvalue weighted by Crippen LogP contribution is 2.11. The van der Waals surface area contributed by atoms with E-state index in [0.717, 1.165) is 44.9 Å². The van der Waals surface area contributed by atoms with E-state index in [1.165, 1.54) is 167 Å². The molecule has 0 fully saturated rings. The minimum Gasteiger partial charge on any atom is -0.481 e. The largest absolute Gasteiger partial charge is 0.481 e. The van der Waals surface area contributed by atoms with Crippen molar-refractivity contribution in [2.45, 2.75) is 252 Å². The quantitative estimate of drug-likeness (QED) is 0.0425. The third-order valence-corrected chi connectivity index (χ3v) is 9.46. The number of carboxylic acid groups (broad SMARTS) is 3. The average Bonchev–Trinajstić information content (AvgIpc) is 3.14. The van der Waals surface area contributed by atoms with E-state index < -0.39 is 17.9 Å². The van der Waals surface area contributed by atoms with Gasteiger partial charge in [0.2, 0.25) is 0 Å². The Morgan fingerprint density at radius 2 is 0.444 bits per heavy atom. The molecule has 0 aromatic rings. The Morgan fingerprint density at radius 1 is 0.278 bits per heavy atom. The summed E-state index contributed by atoms with van der Waals surface area (Å²) in [4.78, 5) is 30.9. The lowest BCUT2D eigenvalue weighted by Gasteiger charge is -1.99. The minimum atomic E-state index is -0.679. The third-order valence-electron chi connectivity index (χ3n) is 9.46. The molecule has 0 heterocycles. The van der Waals surface area contributed by atoms with E-state index in [-0.39, 0.29) is 0 Å². The van der Waals surface area contributed by atoms with Crippen LogP contribution < -0.4 is 0 Å². The Hall–Kier alpha value is -2.37. The fourth-order valence-electron chi connectivity index (χ4n) is 5.98. The summed E-state index contributed by atoms with van der Waals surface area (Å²) in [5, 5.41) is 25.4. The zero-order valence-electron chi connectivity index (χ0n) is 36.0. The van der Waals surface area contributed by atoms with Crippen LogP contribution in [0.4, 0.5) is 0 Å². The van der Waals surface area contributed by atoms with Crippen LogP contribution in [0.1, 0.15) is 252 Å². The topological polar surface area (TPSA) is 112 Å². The van der Waals surface area contributed by atoms with Crippen molar-refractivity contribution in [3.05, 3.63) is 36.5 Å². The molecule has 0 radical (unpaired) electrons. The molecule has 6 heteroatoms. The molecule has 0 rings (SSSR count). The van der Waals surface area contributed by atoms with Gasteiger partial charge in [0.25, 0.3) is 0 Å². The maximum atomic E-state index is 10.3. The van der Waals surface area contributed by atoms with Crippen molar-refractivity contribution >= 4 is 17.9 Å². The molecule has 0 bridgehead atoms. The van der Waals surface area contributed by atoms with Gasteiger partial charge in [0.05, 0.1) is 0 Å². The van der Waals surface area contributed by atoms with E-state index in [0.29, 0.717) is 19.3 Å². The molecule has 0 atom stereocenters. The molecule has 0 aromatic carbocycles. The Morgan fingerprint density at radius 3 is 0.685 bits per heavy atom. The van der Waals surface area contributed by atoms with Crippen LogP contribution in [-0.2, 0) is 14.4 Å². The number of unbranched alkanes of at least 4 members (excludes halogenated alkanes) is 27. The Balaban J connectivity index is -0.000000722. The zero-order valence-corrected chi connectivity index (χ0v) is 36.0. The summed E-state index contributed by atoms with van der Waals surface area (Å²) >= 11 is 0. The predicted octanol–water partition coefficient (Wildman–Crippen LogP) is 16.0. The van der Waals surface area contributed by atoms with E-state index in [1.54, 1.807) is 0 Å². The van der Waals surface area contributed by atoms with Gasteiger partial charge in [0.15, 0.2) is 0 Å². The second-order valence-corrected chi connectivity index (χ2v) is 15.1. The SMILES string of the molecule is CCCCCC/C=C\CCCCCCCC(=O)O.CCCCCC/C=C\CCCCCCCC(=O)O.CCCCCCCCC/C=C\CCCCC(=O)O. The number of rotatable bonds is 39. The number of hydrogen-bond acceptors (Lipinski definition) is 3. The lowest BCUT2D eigenvalue weighted by atomic mass is 10.1. The normalized spacial score (nSPS) is 11.2. The highest BCUT2D eigenvalue weighted by atomic mass is 16.4. The second-order valence-electron chi connectivity index (χ2n) is 15.1. The van der Waals surface area contributed by atoms with Crippen LogP contribution in [0.3, 0.4) is 0 Å². The lowest BCUT2D eigenvalue weighted by Crippen LogP contribution is -1.93. The molecular formula is C48H90O6. The number of aliphatic carboxylic acids is 3. The zero-order chi connectivity index (χ0) is 40.4. The first-order valence-electron chi connectivity index (χ1n) is 22.9. The Labute approximate surface area is 335 Å². The number of carbonyl (C=O) groups is 3. The lowest BCUT2D eigenvalue weighted by molar-refractivity contribution is -0.138. The van der Waals surface area contributed by atoms with Crippen molar-refractivity contribution in [3.63, 3.8) is 0 Å². The fraction of sp³-hybridized carbons (Fsp3) is 0.812.